The molecule has 0 aromatic carbocycles. The van der Waals surface area contributed by atoms with Gasteiger partial charge in [0.15, 0.2) is 12.2 Å². The van der Waals surface area contributed by atoms with Gasteiger partial charge in [-0.3, -0.25) is 19.2 Å². The van der Waals surface area contributed by atoms with Crippen LogP contribution in [0.2, 0.25) is 0 Å². The Labute approximate surface area is 200 Å². The molecule has 0 bridgehead atoms. The van der Waals surface area contributed by atoms with Crippen LogP contribution in [0, 0.1) is 0 Å². The molecule has 0 heterocycles. The van der Waals surface area contributed by atoms with E-state index >= 15 is 0 Å². The number of alkyl halides is 1. The maximum absolute atomic E-state index is 12.7. The second kappa shape index (κ2) is 18.9. The Bertz CT molecular complexity index is 571. The number of halogens is 1. The number of amides is 1. The summed E-state index contributed by atoms with van der Waals surface area (Å²) in [6, 6.07) is 0. The van der Waals surface area contributed by atoms with Crippen molar-refractivity contribution in [3.05, 3.63) is 0 Å². The molecule has 0 saturated heterocycles. The molecular formula is C23H40BrNO7. The van der Waals surface area contributed by atoms with Crippen LogP contribution in [0.5, 0.6) is 0 Å². The normalized spacial score (nSPS) is 13.5. The van der Waals surface area contributed by atoms with Gasteiger partial charge in [0.05, 0.1) is 0 Å². The van der Waals surface area contributed by atoms with E-state index in [2.05, 4.69) is 28.2 Å². The average molecular weight is 522 g/mol. The van der Waals surface area contributed by atoms with Crippen molar-refractivity contribution in [2.75, 3.05) is 11.9 Å². The maximum Gasteiger partial charge on any atom is 0.303 e. The van der Waals surface area contributed by atoms with E-state index in [9.17, 15) is 19.2 Å². The van der Waals surface area contributed by atoms with Gasteiger partial charge in [0.25, 0.3) is 5.91 Å². The van der Waals surface area contributed by atoms with E-state index in [-0.39, 0.29) is 5.33 Å². The van der Waals surface area contributed by atoms with Crippen LogP contribution in [0.25, 0.3) is 0 Å². The van der Waals surface area contributed by atoms with E-state index in [0.717, 1.165) is 26.2 Å². The molecule has 0 aliphatic heterocycles. The van der Waals surface area contributed by atoms with Crippen molar-refractivity contribution in [1.29, 1.82) is 0 Å². The molecule has 3 atom stereocenters. The molecule has 1 N–H and O–H groups in total. The third-order valence-corrected chi connectivity index (χ3v) is 5.46. The van der Waals surface area contributed by atoms with Crippen molar-refractivity contribution in [3.63, 3.8) is 0 Å². The van der Waals surface area contributed by atoms with E-state index in [0.29, 0.717) is 6.54 Å². The Morgan fingerprint density at radius 3 is 1.62 bits per heavy atom. The highest BCUT2D eigenvalue weighted by molar-refractivity contribution is 9.09. The molecule has 0 aromatic heterocycles. The molecule has 1 amide bonds. The van der Waals surface area contributed by atoms with Crippen LogP contribution in [0.4, 0.5) is 0 Å². The van der Waals surface area contributed by atoms with Gasteiger partial charge in [-0.1, -0.05) is 80.6 Å². The zero-order chi connectivity index (χ0) is 24.4. The first-order chi connectivity index (χ1) is 15.2. The predicted octanol–water partition coefficient (Wildman–Crippen LogP) is 4.21. The van der Waals surface area contributed by atoms with Crippen molar-refractivity contribution in [1.82, 2.24) is 5.32 Å². The Morgan fingerprint density at radius 1 is 0.719 bits per heavy atom. The maximum atomic E-state index is 12.7. The third kappa shape index (κ3) is 15.2. The van der Waals surface area contributed by atoms with Gasteiger partial charge in [-0.05, 0) is 6.42 Å². The minimum Gasteiger partial charge on any atom is -0.458 e. The molecule has 0 radical (unpaired) electrons. The van der Waals surface area contributed by atoms with Crippen molar-refractivity contribution in [2.45, 2.75) is 110 Å². The highest BCUT2D eigenvalue weighted by atomic mass is 79.9. The summed E-state index contributed by atoms with van der Waals surface area (Å²) in [5.41, 5.74) is 0. The summed E-state index contributed by atoms with van der Waals surface area (Å²) < 4.78 is 15.5. The molecule has 186 valence electrons. The van der Waals surface area contributed by atoms with E-state index in [1.54, 1.807) is 0 Å². The summed E-state index contributed by atoms with van der Waals surface area (Å²) in [5, 5.41) is 2.83. The molecule has 9 heteroatoms. The van der Waals surface area contributed by atoms with Crippen LogP contribution < -0.4 is 5.32 Å². The minimum atomic E-state index is -1.43. The zero-order valence-electron chi connectivity index (χ0n) is 20.0. The summed E-state index contributed by atoms with van der Waals surface area (Å²) in [5.74, 6) is -2.61. The predicted molar refractivity (Wildman–Crippen MR) is 125 cm³/mol. The number of hydrogen-bond donors (Lipinski definition) is 1. The summed E-state index contributed by atoms with van der Waals surface area (Å²) in [7, 11) is 0. The van der Waals surface area contributed by atoms with Crippen molar-refractivity contribution in [3.8, 4) is 0 Å². The second-order valence-electron chi connectivity index (χ2n) is 7.88. The number of unbranched alkanes of at least 4 members (excludes halogenated alkanes) is 9. The van der Waals surface area contributed by atoms with E-state index in [1.165, 1.54) is 58.8 Å². The van der Waals surface area contributed by atoms with Gasteiger partial charge < -0.3 is 19.5 Å². The van der Waals surface area contributed by atoms with E-state index in [4.69, 9.17) is 14.2 Å². The molecule has 0 rings (SSSR count). The second-order valence-corrected chi connectivity index (χ2v) is 8.53. The molecule has 0 aliphatic carbocycles. The Kier molecular flexibility index (Phi) is 17.9. The standard InChI is InChI=1S/C23H40BrNO7/c1-5-6-7-8-9-10-11-12-13-14-15-25-23(29)22(32-19(4)28)21(31-18(3)27)20(16-24)30-17(2)26/h20-22H,5-16H2,1-4H3,(H,25,29)/t20-,21-,22-/m1/s1. The van der Waals surface area contributed by atoms with Gasteiger partial charge in [-0.2, -0.15) is 0 Å². The fourth-order valence-electron chi connectivity index (χ4n) is 3.30. The van der Waals surface area contributed by atoms with Gasteiger partial charge in [-0.25, -0.2) is 0 Å². The number of ether oxygens (including phenoxy) is 3. The lowest BCUT2D eigenvalue weighted by Crippen LogP contribution is -2.53. The highest BCUT2D eigenvalue weighted by Crippen LogP contribution is 2.17. The van der Waals surface area contributed by atoms with Gasteiger partial charge in [0, 0.05) is 32.6 Å². The van der Waals surface area contributed by atoms with Crippen LogP contribution in [0.15, 0.2) is 0 Å². The lowest BCUT2D eigenvalue weighted by Gasteiger charge is -2.30. The quantitative estimate of drug-likeness (QED) is 0.124. The molecule has 8 nitrogen and oxygen atoms in total. The average Bonchev–Trinajstić information content (AvgIpc) is 2.72. The van der Waals surface area contributed by atoms with Gasteiger partial charge in [0.2, 0.25) is 6.10 Å². The van der Waals surface area contributed by atoms with Gasteiger partial charge in [-0.15, -0.1) is 0 Å². The monoisotopic (exact) mass is 521 g/mol. The lowest BCUT2D eigenvalue weighted by molar-refractivity contribution is -0.184. The number of esters is 3. The molecule has 32 heavy (non-hydrogen) atoms. The summed E-state index contributed by atoms with van der Waals surface area (Å²) in [6.45, 7) is 6.14. The van der Waals surface area contributed by atoms with Gasteiger partial charge in [0.1, 0.15) is 0 Å². The molecule has 0 unspecified atom stereocenters. The van der Waals surface area contributed by atoms with E-state index < -0.39 is 42.1 Å². The number of carbonyl (C=O) groups is 4. The molecule has 0 spiro atoms. The number of rotatable bonds is 18. The Balaban J connectivity index is 4.66. The first kappa shape index (κ1) is 30.4. The minimum absolute atomic E-state index is 0.0913. The Morgan fingerprint density at radius 2 is 1.19 bits per heavy atom. The summed E-state index contributed by atoms with van der Waals surface area (Å²) in [4.78, 5) is 47.3. The summed E-state index contributed by atoms with van der Waals surface area (Å²) >= 11 is 3.19. The van der Waals surface area contributed by atoms with Crippen molar-refractivity contribution >= 4 is 39.7 Å². The number of hydrogen-bond acceptors (Lipinski definition) is 7. The van der Waals surface area contributed by atoms with Crippen LogP contribution >= 0.6 is 15.9 Å². The van der Waals surface area contributed by atoms with Crippen molar-refractivity contribution < 1.29 is 33.4 Å². The zero-order valence-corrected chi connectivity index (χ0v) is 21.5. The third-order valence-electron chi connectivity index (χ3n) is 4.82. The molecule has 0 aromatic rings. The molecule has 0 aliphatic rings. The first-order valence-electron chi connectivity index (χ1n) is 11.6. The topological polar surface area (TPSA) is 108 Å². The van der Waals surface area contributed by atoms with Crippen LogP contribution in [-0.4, -0.2) is 54.0 Å². The largest absolute Gasteiger partial charge is 0.458 e. The lowest BCUT2D eigenvalue weighted by atomic mass is 10.1. The number of nitrogens with one attached hydrogen (secondary N) is 1. The van der Waals surface area contributed by atoms with Crippen LogP contribution in [-0.2, 0) is 33.4 Å². The fourth-order valence-corrected chi connectivity index (χ4v) is 3.80. The summed E-state index contributed by atoms with van der Waals surface area (Å²) in [6.07, 6.45) is 8.05. The SMILES string of the molecule is CCCCCCCCCCCCNC(=O)[C@H](OC(C)=O)[C@H](OC(C)=O)[C@@H](CBr)OC(C)=O. The van der Waals surface area contributed by atoms with E-state index in [1.807, 2.05) is 0 Å². The van der Waals surface area contributed by atoms with Crippen molar-refractivity contribution in [2.24, 2.45) is 0 Å². The van der Waals surface area contributed by atoms with Crippen LogP contribution in [0.3, 0.4) is 0 Å². The Hall–Kier alpha value is -1.64. The highest BCUT2D eigenvalue weighted by Gasteiger charge is 2.40. The first-order valence-corrected chi connectivity index (χ1v) is 12.7. The van der Waals surface area contributed by atoms with Gasteiger partial charge >= 0.3 is 17.9 Å². The number of carbonyl (C=O) groups excluding carboxylic acids is 4. The molecule has 0 fully saturated rings. The smallest absolute Gasteiger partial charge is 0.303 e. The molecular weight excluding hydrogens is 482 g/mol. The fraction of sp³-hybridized carbons (Fsp3) is 0.826. The molecule has 0 saturated carbocycles. The van der Waals surface area contributed by atoms with Crippen LogP contribution in [0.1, 0.15) is 91.9 Å².